The van der Waals surface area contributed by atoms with Gasteiger partial charge in [0.2, 0.25) is 5.69 Å². The molecule has 8 nitrogen and oxygen atoms in total. The number of benzene rings is 2. The van der Waals surface area contributed by atoms with Crippen molar-refractivity contribution < 1.29 is 23.0 Å². The fourth-order valence-electron chi connectivity index (χ4n) is 2.08. The molecule has 2 rings (SSSR count). The number of halogens is 3. The van der Waals surface area contributed by atoms with Crippen LogP contribution in [0.2, 0.25) is 0 Å². The first-order valence-corrected chi connectivity index (χ1v) is 7.00. The molecule has 0 bridgehead atoms. The van der Waals surface area contributed by atoms with E-state index < -0.39 is 38.6 Å². The Kier molecular flexibility index (Phi) is 5.19. The van der Waals surface area contributed by atoms with Gasteiger partial charge in [0.15, 0.2) is 0 Å². The molecule has 0 saturated carbocycles. The van der Waals surface area contributed by atoms with Gasteiger partial charge in [-0.05, 0) is 18.1 Å². The van der Waals surface area contributed by atoms with E-state index in [1.165, 1.54) is 6.21 Å². The smallest absolute Gasteiger partial charge is 0.266 e. The molecule has 11 heteroatoms. The van der Waals surface area contributed by atoms with Crippen LogP contribution >= 0.6 is 0 Å². The summed E-state index contributed by atoms with van der Waals surface area (Å²) in [7, 11) is 0. The summed E-state index contributed by atoms with van der Waals surface area (Å²) in [4.78, 5) is 19.9. The fraction of sp³-hybridized carbons (Fsp3) is 0.133. The third kappa shape index (κ3) is 4.12. The number of rotatable bonds is 5. The number of nitro benzene ring substituents is 2. The number of nitrogens with one attached hydrogen (secondary N) is 1. The van der Waals surface area contributed by atoms with Gasteiger partial charge in [0.05, 0.1) is 21.6 Å². The predicted molar refractivity (Wildman–Crippen MR) is 87.1 cm³/mol. The topological polar surface area (TPSA) is 111 Å². The van der Waals surface area contributed by atoms with E-state index in [4.69, 9.17) is 0 Å². The minimum absolute atomic E-state index is 0.221. The van der Waals surface area contributed by atoms with Crippen molar-refractivity contribution in [1.82, 2.24) is 0 Å². The van der Waals surface area contributed by atoms with Crippen molar-refractivity contribution in [2.24, 2.45) is 5.10 Å². The number of alkyl halides is 3. The van der Waals surface area contributed by atoms with Crippen molar-refractivity contribution in [2.75, 3.05) is 5.43 Å². The Hall–Kier alpha value is -3.50. The van der Waals surface area contributed by atoms with Crippen molar-refractivity contribution in [1.29, 1.82) is 0 Å². The molecule has 0 amide bonds. The van der Waals surface area contributed by atoms with Crippen LogP contribution in [0, 0.1) is 27.2 Å². The number of anilines is 1. The molecule has 0 saturated heterocycles. The van der Waals surface area contributed by atoms with E-state index in [-0.39, 0.29) is 12.1 Å². The van der Waals surface area contributed by atoms with E-state index in [0.29, 0.717) is 5.56 Å². The Balaban J connectivity index is 2.51. The fourth-order valence-corrected chi connectivity index (χ4v) is 2.08. The van der Waals surface area contributed by atoms with E-state index in [1.54, 1.807) is 31.2 Å². The number of aryl methyl sites for hydroxylation is 1. The van der Waals surface area contributed by atoms with Gasteiger partial charge in [-0.1, -0.05) is 24.3 Å². The standard InChI is InChI=1S/C15H11F3N4O4/c1-9-4-2-3-5-10(9)8-19-20-14-12(21(23)24)6-11(15(16,17)18)7-13(14)22(25)26/h2-8,20H,1H3/b19-8-. The molecule has 26 heavy (non-hydrogen) atoms. The molecule has 136 valence electrons. The van der Waals surface area contributed by atoms with Gasteiger partial charge in [0.1, 0.15) is 0 Å². The second-order valence-electron chi connectivity index (χ2n) is 5.13. The third-order valence-electron chi connectivity index (χ3n) is 3.39. The summed E-state index contributed by atoms with van der Waals surface area (Å²) in [6.45, 7) is 1.77. The highest BCUT2D eigenvalue weighted by Crippen LogP contribution is 2.41. The number of nitro groups is 2. The molecule has 0 aromatic heterocycles. The maximum Gasteiger partial charge on any atom is 0.416 e. The summed E-state index contributed by atoms with van der Waals surface area (Å²) in [6, 6.07) is 7.36. The zero-order chi connectivity index (χ0) is 19.5. The van der Waals surface area contributed by atoms with Crippen molar-refractivity contribution in [3.05, 3.63) is 73.3 Å². The molecular formula is C15H11F3N4O4. The van der Waals surface area contributed by atoms with E-state index in [0.717, 1.165) is 5.56 Å². The second kappa shape index (κ2) is 7.17. The lowest BCUT2D eigenvalue weighted by atomic mass is 10.1. The minimum Gasteiger partial charge on any atom is -0.266 e. The molecular weight excluding hydrogens is 357 g/mol. The molecule has 0 aliphatic carbocycles. The Labute approximate surface area is 144 Å². The van der Waals surface area contributed by atoms with Gasteiger partial charge in [0.25, 0.3) is 0 Å². The lowest BCUT2D eigenvalue weighted by Crippen LogP contribution is -2.09. The lowest BCUT2D eigenvalue weighted by Gasteiger charge is -2.09. The zero-order valence-electron chi connectivity index (χ0n) is 13.1. The van der Waals surface area contributed by atoms with Crippen LogP contribution in [0.25, 0.3) is 0 Å². The van der Waals surface area contributed by atoms with Gasteiger partial charge in [-0.3, -0.25) is 25.7 Å². The van der Waals surface area contributed by atoms with Gasteiger partial charge in [0, 0.05) is 12.1 Å². The maximum atomic E-state index is 12.8. The molecule has 0 atom stereocenters. The van der Waals surface area contributed by atoms with Gasteiger partial charge in [-0.2, -0.15) is 18.3 Å². The van der Waals surface area contributed by atoms with Crippen LogP contribution in [0.3, 0.4) is 0 Å². The molecule has 0 aliphatic heterocycles. The number of hydrazone groups is 1. The Bertz CT molecular complexity index is 862. The second-order valence-corrected chi connectivity index (χ2v) is 5.13. The van der Waals surface area contributed by atoms with Crippen molar-refractivity contribution in [3.8, 4) is 0 Å². The average Bonchev–Trinajstić information content (AvgIpc) is 2.55. The van der Waals surface area contributed by atoms with Crippen molar-refractivity contribution >= 4 is 23.3 Å². The first-order valence-electron chi connectivity index (χ1n) is 7.00. The highest BCUT2D eigenvalue weighted by Gasteiger charge is 2.37. The summed E-state index contributed by atoms with van der Waals surface area (Å²) in [5.74, 6) is 0. The van der Waals surface area contributed by atoms with E-state index in [9.17, 15) is 33.4 Å². The number of nitrogens with zero attached hydrogens (tertiary/aromatic N) is 3. The van der Waals surface area contributed by atoms with Crippen LogP contribution < -0.4 is 5.43 Å². The molecule has 0 unspecified atom stereocenters. The molecule has 0 aliphatic rings. The molecule has 0 radical (unpaired) electrons. The quantitative estimate of drug-likeness (QED) is 0.481. The van der Waals surface area contributed by atoms with Crippen molar-refractivity contribution in [2.45, 2.75) is 13.1 Å². The van der Waals surface area contributed by atoms with Gasteiger partial charge in [-0.25, -0.2) is 0 Å². The first-order chi connectivity index (χ1) is 12.1. The SMILES string of the molecule is Cc1ccccc1/C=N\Nc1c([N+](=O)[O-])cc(C(F)(F)F)cc1[N+](=O)[O-]. The van der Waals surface area contributed by atoms with Crippen LogP contribution in [-0.2, 0) is 6.18 Å². The lowest BCUT2D eigenvalue weighted by molar-refractivity contribution is -0.392. The Morgan fingerprint density at radius 3 is 2.08 bits per heavy atom. The van der Waals surface area contributed by atoms with Gasteiger partial charge < -0.3 is 0 Å². The maximum absolute atomic E-state index is 12.8. The largest absolute Gasteiger partial charge is 0.416 e. The molecule has 0 heterocycles. The van der Waals surface area contributed by atoms with Crippen LogP contribution in [0.4, 0.5) is 30.2 Å². The highest BCUT2D eigenvalue weighted by molar-refractivity contribution is 5.83. The predicted octanol–water partition coefficient (Wildman–Crippen LogP) is 4.28. The van der Waals surface area contributed by atoms with Gasteiger partial charge in [-0.15, -0.1) is 0 Å². The molecule has 2 aromatic carbocycles. The first kappa shape index (κ1) is 18.8. The Morgan fingerprint density at radius 2 is 1.62 bits per heavy atom. The summed E-state index contributed by atoms with van der Waals surface area (Å²) in [5, 5.41) is 25.9. The normalized spacial score (nSPS) is 11.5. The van der Waals surface area contributed by atoms with E-state index in [2.05, 4.69) is 10.5 Å². The molecule has 0 spiro atoms. The highest BCUT2D eigenvalue weighted by atomic mass is 19.4. The van der Waals surface area contributed by atoms with E-state index >= 15 is 0 Å². The number of hydrogen-bond acceptors (Lipinski definition) is 6. The summed E-state index contributed by atoms with van der Waals surface area (Å²) in [5.41, 5.74) is -0.886. The average molecular weight is 368 g/mol. The monoisotopic (exact) mass is 368 g/mol. The van der Waals surface area contributed by atoms with Crippen molar-refractivity contribution in [3.63, 3.8) is 0 Å². The van der Waals surface area contributed by atoms with Crippen LogP contribution in [0.15, 0.2) is 41.5 Å². The molecule has 0 fully saturated rings. The Morgan fingerprint density at radius 1 is 1.08 bits per heavy atom. The summed E-state index contributed by atoms with van der Waals surface area (Å²) < 4.78 is 38.5. The summed E-state index contributed by atoms with van der Waals surface area (Å²) >= 11 is 0. The van der Waals surface area contributed by atoms with E-state index in [1.807, 2.05) is 0 Å². The molecule has 2 aromatic rings. The minimum atomic E-state index is -4.97. The summed E-state index contributed by atoms with van der Waals surface area (Å²) in [6.07, 6.45) is -3.72. The van der Waals surface area contributed by atoms with Crippen LogP contribution in [0.5, 0.6) is 0 Å². The van der Waals surface area contributed by atoms with Gasteiger partial charge >= 0.3 is 17.6 Å². The third-order valence-corrected chi connectivity index (χ3v) is 3.39. The zero-order valence-corrected chi connectivity index (χ0v) is 13.1. The molecule has 1 N–H and O–H groups in total. The van der Waals surface area contributed by atoms with Crippen LogP contribution in [-0.4, -0.2) is 16.1 Å². The van der Waals surface area contributed by atoms with Crippen LogP contribution in [0.1, 0.15) is 16.7 Å². The number of hydrogen-bond donors (Lipinski definition) is 1.